The van der Waals surface area contributed by atoms with Gasteiger partial charge >= 0.3 is 5.97 Å². The summed E-state index contributed by atoms with van der Waals surface area (Å²) in [5, 5.41) is 4.13. The Morgan fingerprint density at radius 3 is 2.68 bits per heavy atom. The van der Waals surface area contributed by atoms with Crippen LogP contribution in [0.5, 0.6) is 5.75 Å². The van der Waals surface area contributed by atoms with Crippen molar-refractivity contribution in [3.8, 4) is 5.75 Å². The van der Waals surface area contributed by atoms with Crippen LogP contribution in [0, 0.1) is 0 Å². The van der Waals surface area contributed by atoms with Crippen LogP contribution in [0.3, 0.4) is 0 Å². The number of likely N-dealkylation sites (N-methyl/N-ethyl adjacent to an activating group) is 1. The molecule has 11 nitrogen and oxygen atoms in total. The van der Waals surface area contributed by atoms with E-state index in [0.29, 0.717) is 69.3 Å². The lowest BCUT2D eigenvalue weighted by molar-refractivity contribution is -0.146. The number of fused-ring (bicyclic) bond motifs is 3. The third-order valence-corrected chi connectivity index (χ3v) is 7.30. The lowest BCUT2D eigenvalue weighted by atomic mass is 10.1. The summed E-state index contributed by atoms with van der Waals surface area (Å²) >= 11 is 0. The minimum Gasteiger partial charge on any atom is -0.482 e. The zero-order valence-electron chi connectivity index (χ0n) is 26.0. The summed E-state index contributed by atoms with van der Waals surface area (Å²) in [5.41, 5.74) is 9.70. The molecule has 4 aromatic rings. The average molecular weight is 605 g/mol. The zero-order valence-corrected chi connectivity index (χ0v) is 26.0. The Kier molecular flexibility index (Phi) is 12.3. The van der Waals surface area contributed by atoms with Gasteiger partial charge in [-0.15, -0.1) is 0 Å². The van der Waals surface area contributed by atoms with Crippen molar-refractivity contribution < 1.29 is 23.8 Å². The molecule has 0 bridgehead atoms. The van der Waals surface area contributed by atoms with Gasteiger partial charge in [0.05, 0.1) is 30.8 Å². The summed E-state index contributed by atoms with van der Waals surface area (Å²) in [6.07, 6.45) is 3.10. The summed E-state index contributed by atoms with van der Waals surface area (Å²) in [5.74, 6) is 1.44. The number of aromatic nitrogens is 3. The molecule has 0 aliphatic rings. The van der Waals surface area contributed by atoms with E-state index in [4.69, 9.17) is 24.9 Å². The number of nitrogens with one attached hydrogen (secondary N) is 1. The van der Waals surface area contributed by atoms with Crippen LogP contribution in [0.25, 0.3) is 21.9 Å². The lowest BCUT2D eigenvalue weighted by Crippen LogP contribution is -2.38. The number of para-hydroxylation sites is 1. The van der Waals surface area contributed by atoms with Gasteiger partial charge in [0.1, 0.15) is 17.1 Å². The van der Waals surface area contributed by atoms with Crippen molar-refractivity contribution in [2.45, 2.75) is 52.6 Å². The van der Waals surface area contributed by atoms with Gasteiger partial charge in [-0.25, -0.2) is 14.8 Å². The third kappa shape index (κ3) is 8.67. The molecule has 0 atom stereocenters. The van der Waals surface area contributed by atoms with Gasteiger partial charge in [-0.05, 0) is 43.1 Å². The number of unbranched alkanes of at least 4 members (excludes halogenated alkanes) is 1. The maximum Gasteiger partial charge on any atom is 0.344 e. The van der Waals surface area contributed by atoms with Gasteiger partial charge in [-0.2, -0.15) is 0 Å². The molecule has 0 aliphatic carbocycles. The van der Waals surface area contributed by atoms with E-state index in [0.717, 1.165) is 40.6 Å². The van der Waals surface area contributed by atoms with Crippen LogP contribution < -0.4 is 15.8 Å². The number of pyridine rings is 1. The third-order valence-electron chi connectivity index (χ3n) is 7.30. The molecule has 236 valence electrons. The Morgan fingerprint density at radius 1 is 1.05 bits per heavy atom. The van der Waals surface area contributed by atoms with Crippen LogP contribution >= 0.6 is 0 Å². The first-order valence-electron chi connectivity index (χ1n) is 15.3. The monoisotopic (exact) mass is 604 g/mol. The number of anilines is 1. The Balaban J connectivity index is 1.50. The average Bonchev–Trinajstić information content (AvgIpc) is 3.40. The number of nitrogens with zero attached hydrogens (tertiary/aromatic N) is 4. The number of rotatable bonds is 18. The number of carbonyl (C=O) groups excluding carboxylic acids is 2. The smallest absolute Gasteiger partial charge is 0.344 e. The summed E-state index contributed by atoms with van der Waals surface area (Å²) in [6, 6.07) is 15.4. The zero-order chi connectivity index (χ0) is 31.3. The first-order valence-corrected chi connectivity index (χ1v) is 15.3. The molecule has 11 heteroatoms. The largest absolute Gasteiger partial charge is 0.482 e. The van der Waals surface area contributed by atoms with Crippen LogP contribution in [-0.2, 0) is 38.6 Å². The Bertz CT molecular complexity index is 1540. The summed E-state index contributed by atoms with van der Waals surface area (Å²) < 4.78 is 18.4. The van der Waals surface area contributed by atoms with E-state index in [2.05, 4.69) is 14.9 Å². The second-order valence-corrected chi connectivity index (χ2v) is 10.6. The number of hydrogen-bond acceptors (Lipinski definition) is 9. The van der Waals surface area contributed by atoms with Gasteiger partial charge in [0.25, 0.3) is 0 Å². The van der Waals surface area contributed by atoms with Crippen molar-refractivity contribution in [2.24, 2.45) is 0 Å². The number of ether oxygens (including phenoxy) is 3. The van der Waals surface area contributed by atoms with Crippen LogP contribution in [0.1, 0.15) is 44.5 Å². The maximum absolute atomic E-state index is 13.3. The summed E-state index contributed by atoms with van der Waals surface area (Å²) in [6.45, 7) is 7.29. The molecule has 0 saturated heterocycles. The molecule has 2 heterocycles. The number of benzene rings is 2. The number of methoxy groups -OCH3 is 1. The highest BCUT2D eigenvalue weighted by Crippen LogP contribution is 2.29. The van der Waals surface area contributed by atoms with E-state index in [9.17, 15) is 9.59 Å². The first kappa shape index (κ1) is 32.7. The fraction of sp³-hybridized carbons (Fsp3) is 0.455. The van der Waals surface area contributed by atoms with E-state index in [1.165, 1.54) is 0 Å². The molecule has 44 heavy (non-hydrogen) atoms. The molecular formula is C33H44N6O5. The number of hydrogen-bond donors (Lipinski definition) is 2. The van der Waals surface area contributed by atoms with Gasteiger partial charge in [0.15, 0.2) is 12.4 Å². The van der Waals surface area contributed by atoms with Crippen molar-refractivity contribution >= 4 is 39.6 Å². The first-order chi connectivity index (χ1) is 21.4. The van der Waals surface area contributed by atoms with Crippen molar-refractivity contribution in [3.63, 3.8) is 0 Å². The molecule has 3 N–H and O–H groups in total. The van der Waals surface area contributed by atoms with Crippen LogP contribution in [-0.4, -0.2) is 77.9 Å². The summed E-state index contributed by atoms with van der Waals surface area (Å²) in [4.78, 5) is 36.5. The van der Waals surface area contributed by atoms with Crippen LogP contribution in [0.2, 0.25) is 0 Å². The van der Waals surface area contributed by atoms with E-state index >= 15 is 0 Å². The maximum atomic E-state index is 13.3. The highest BCUT2D eigenvalue weighted by Gasteiger charge is 2.19. The fourth-order valence-electron chi connectivity index (χ4n) is 5.05. The molecule has 0 aliphatic heterocycles. The highest BCUT2D eigenvalue weighted by molar-refractivity contribution is 6.06. The van der Waals surface area contributed by atoms with Crippen LogP contribution in [0.15, 0.2) is 48.5 Å². The van der Waals surface area contributed by atoms with E-state index in [1.807, 2.05) is 61.2 Å². The topological polar surface area (TPSA) is 134 Å². The number of nitrogens with two attached hydrogens (primary N) is 1. The van der Waals surface area contributed by atoms with Crippen molar-refractivity contribution in [2.75, 3.05) is 52.3 Å². The molecule has 2 aromatic heterocycles. The Labute approximate surface area is 258 Å². The molecule has 0 saturated carbocycles. The molecule has 2 aromatic carbocycles. The molecule has 4 rings (SSSR count). The van der Waals surface area contributed by atoms with E-state index in [-0.39, 0.29) is 19.1 Å². The SMILES string of the molecule is CCCCOC(=O)COc1cccc(CN(CCCn2c(CCOC)nc3c(N)nc4ccccc4c32)C(=O)CNCC)c1. The molecule has 1 amide bonds. The fourth-order valence-corrected chi connectivity index (χ4v) is 5.05. The normalized spacial score (nSPS) is 11.2. The second kappa shape index (κ2) is 16.6. The van der Waals surface area contributed by atoms with Crippen molar-refractivity contribution in [1.82, 2.24) is 24.8 Å². The molecule has 0 unspecified atom stereocenters. The van der Waals surface area contributed by atoms with Gasteiger partial charge in [0, 0.05) is 38.6 Å². The number of nitrogen functional groups attached to an aromatic ring is 1. The standard InChI is InChI=1S/C33H44N6O5/c1-4-6-18-43-30(41)23-44-25-12-9-11-24(20-25)22-38(29(40)21-35-5-2)16-10-17-39-28(15-19-42-3)37-31-32(39)26-13-7-8-14-27(26)36-33(31)34/h7-9,11-14,20,35H,4-6,10,15-19,21-23H2,1-3H3,(H2,34,36). The predicted molar refractivity (Wildman–Crippen MR) is 171 cm³/mol. The molecule has 0 spiro atoms. The van der Waals surface area contributed by atoms with Gasteiger partial charge in [-0.1, -0.05) is 50.6 Å². The van der Waals surface area contributed by atoms with Crippen molar-refractivity contribution in [3.05, 3.63) is 59.9 Å². The highest BCUT2D eigenvalue weighted by atomic mass is 16.6. The Morgan fingerprint density at radius 2 is 1.89 bits per heavy atom. The number of imidazole rings is 1. The van der Waals surface area contributed by atoms with Gasteiger partial charge in [0.2, 0.25) is 5.91 Å². The Hall–Kier alpha value is -4.22. The van der Waals surface area contributed by atoms with Crippen molar-refractivity contribution in [1.29, 1.82) is 0 Å². The molecule has 0 radical (unpaired) electrons. The number of esters is 1. The van der Waals surface area contributed by atoms with E-state index in [1.54, 1.807) is 13.2 Å². The number of amides is 1. The molecule has 0 fully saturated rings. The summed E-state index contributed by atoms with van der Waals surface area (Å²) in [7, 11) is 1.67. The predicted octanol–water partition coefficient (Wildman–Crippen LogP) is 4.11. The minimum absolute atomic E-state index is 0.00617. The lowest BCUT2D eigenvalue weighted by Gasteiger charge is -2.24. The quantitative estimate of drug-likeness (QED) is 0.127. The number of carbonyl (C=O) groups is 2. The molecular weight excluding hydrogens is 560 g/mol. The van der Waals surface area contributed by atoms with Gasteiger partial charge < -0.3 is 34.7 Å². The van der Waals surface area contributed by atoms with Crippen LogP contribution in [0.4, 0.5) is 5.82 Å². The minimum atomic E-state index is -0.395. The second-order valence-electron chi connectivity index (χ2n) is 10.6. The number of aryl methyl sites for hydroxylation is 1. The van der Waals surface area contributed by atoms with E-state index < -0.39 is 5.97 Å². The van der Waals surface area contributed by atoms with Gasteiger partial charge in [-0.3, -0.25) is 4.79 Å².